The maximum Gasteiger partial charge on any atom is 0.416 e. The first kappa shape index (κ1) is 15.7. The lowest BCUT2D eigenvalue weighted by molar-refractivity contribution is -0.137. The van der Waals surface area contributed by atoms with Crippen molar-refractivity contribution in [2.45, 2.75) is 31.9 Å². The number of hydrogen-bond donors (Lipinski definition) is 2. The Labute approximate surface area is 121 Å². The van der Waals surface area contributed by atoms with E-state index in [1.807, 2.05) is 0 Å². The normalized spacial score (nSPS) is 15.4. The molecule has 0 aliphatic heterocycles. The number of carbonyl (C=O) groups excluding carboxylic acids is 1. The second-order valence-electron chi connectivity index (χ2n) is 5.35. The molecule has 1 aliphatic carbocycles. The monoisotopic (exact) mass is 300 g/mol. The predicted octanol–water partition coefficient (Wildman–Crippen LogP) is 3.67. The van der Waals surface area contributed by atoms with Gasteiger partial charge in [0.15, 0.2) is 0 Å². The minimum atomic E-state index is -4.45. The van der Waals surface area contributed by atoms with E-state index < -0.39 is 17.6 Å². The van der Waals surface area contributed by atoms with Gasteiger partial charge in [-0.25, -0.2) is 0 Å². The molecular weight excluding hydrogens is 281 g/mol. The molecule has 1 aliphatic rings. The summed E-state index contributed by atoms with van der Waals surface area (Å²) in [6.45, 7) is 0.503. The van der Waals surface area contributed by atoms with Crippen molar-refractivity contribution in [3.05, 3.63) is 29.3 Å². The molecule has 0 radical (unpaired) electrons. The fourth-order valence-electron chi connectivity index (χ4n) is 2.39. The van der Waals surface area contributed by atoms with Crippen molar-refractivity contribution in [3.63, 3.8) is 0 Å². The van der Waals surface area contributed by atoms with Crippen LogP contribution >= 0.6 is 0 Å². The summed E-state index contributed by atoms with van der Waals surface area (Å²) in [5.41, 5.74) is -0.393. The zero-order valence-electron chi connectivity index (χ0n) is 11.9. The summed E-state index contributed by atoms with van der Waals surface area (Å²) in [6.07, 6.45) is 0.0331. The van der Waals surface area contributed by atoms with Gasteiger partial charge in [-0.05, 0) is 30.5 Å². The van der Waals surface area contributed by atoms with E-state index >= 15 is 0 Å². The molecule has 2 N–H and O–H groups in total. The van der Waals surface area contributed by atoms with Crippen LogP contribution in [-0.4, -0.2) is 19.5 Å². The molecule has 2 rings (SSSR count). The number of rotatable bonds is 5. The third-order valence-corrected chi connectivity index (χ3v) is 3.92. The maximum atomic E-state index is 12.7. The smallest absolute Gasteiger partial charge is 0.387 e. The predicted molar refractivity (Wildman–Crippen MR) is 75.3 cm³/mol. The Balaban J connectivity index is 2.06. The third kappa shape index (κ3) is 3.89. The molecule has 0 aromatic heterocycles. The molecular formula is C15H19F3N2O. The van der Waals surface area contributed by atoms with Gasteiger partial charge in [-0.2, -0.15) is 13.2 Å². The molecule has 21 heavy (non-hydrogen) atoms. The van der Waals surface area contributed by atoms with Gasteiger partial charge < -0.3 is 10.6 Å². The van der Waals surface area contributed by atoms with Gasteiger partial charge in [-0.1, -0.05) is 19.3 Å². The van der Waals surface area contributed by atoms with Crippen LogP contribution in [0.5, 0.6) is 0 Å². The molecule has 6 heteroatoms. The average Bonchev–Trinajstić information content (AvgIpc) is 2.39. The Hall–Kier alpha value is -1.72. The summed E-state index contributed by atoms with van der Waals surface area (Å²) in [4.78, 5) is 12.1. The number of benzene rings is 1. The summed E-state index contributed by atoms with van der Waals surface area (Å²) >= 11 is 0. The molecule has 116 valence electrons. The molecule has 1 aromatic rings. The largest absolute Gasteiger partial charge is 0.416 e. The zero-order chi connectivity index (χ0) is 15.5. The highest BCUT2D eigenvalue weighted by atomic mass is 19.4. The zero-order valence-corrected chi connectivity index (χ0v) is 11.9. The second kappa shape index (κ2) is 6.37. The molecule has 0 heterocycles. The number of carbonyl (C=O) groups is 1. The molecule has 1 fully saturated rings. The van der Waals surface area contributed by atoms with Gasteiger partial charge >= 0.3 is 6.18 Å². The van der Waals surface area contributed by atoms with Crippen molar-refractivity contribution >= 4 is 11.6 Å². The lowest BCUT2D eigenvalue weighted by Gasteiger charge is -2.25. The lowest BCUT2D eigenvalue weighted by atomic mass is 9.83. The van der Waals surface area contributed by atoms with E-state index in [9.17, 15) is 18.0 Å². The Morgan fingerprint density at radius 3 is 2.57 bits per heavy atom. The van der Waals surface area contributed by atoms with E-state index in [1.54, 1.807) is 7.05 Å². The summed E-state index contributed by atoms with van der Waals surface area (Å²) in [6, 6.07) is 3.14. The SMILES string of the molecule is CNc1ccc(C(F)(F)F)cc1C(=O)NCCC1CCC1. The maximum absolute atomic E-state index is 12.7. The van der Waals surface area contributed by atoms with Crippen LogP contribution in [0.4, 0.5) is 18.9 Å². The number of nitrogens with one attached hydrogen (secondary N) is 2. The first-order valence-electron chi connectivity index (χ1n) is 7.09. The minimum absolute atomic E-state index is 0.0286. The van der Waals surface area contributed by atoms with E-state index in [4.69, 9.17) is 0 Å². The van der Waals surface area contributed by atoms with Crippen LogP contribution in [0.1, 0.15) is 41.6 Å². The van der Waals surface area contributed by atoms with Gasteiger partial charge in [0.2, 0.25) is 0 Å². The first-order chi connectivity index (χ1) is 9.91. The number of anilines is 1. The van der Waals surface area contributed by atoms with E-state index in [0.29, 0.717) is 18.2 Å². The van der Waals surface area contributed by atoms with Gasteiger partial charge in [0.05, 0.1) is 11.1 Å². The van der Waals surface area contributed by atoms with E-state index in [1.165, 1.54) is 25.3 Å². The van der Waals surface area contributed by atoms with Gasteiger partial charge in [0, 0.05) is 19.3 Å². The van der Waals surface area contributed by atoms with Crippen molar-refractivity contribution in [1.82, 2.24) is 5.32 Å². The Morgan fingerprint density at radius 2 is 2.05 bits per heavy atom. The fraction of sp³-hybridized carbons (Fsp3) is 0.533. The molecule has 1 aromatic carbocycles. The van der Waals surface area contributed by atoms with Crippen LogP contribution < -0.4 is 10.6 Å². The highest BCUT2D eigenvalue weighted by Crippen LogP contribution is 2.32. The topological polar surface area (TPSA) is 41.1 Å². The van der Waals surface area contributed by atoms with Gasteiger partial charge in [-0.15, -0.1) is 0 Å². The van der Waals surface area contributed by atoms with Crippen molar-refractivity contribution in [2.75, 3.05) is 18.9 Å². The van der Waals surface area contributed by atoms with Crippen LogP contribution in [0, 0.1) is 5.92 Å². The van der Waals surface area contributed by atoms with Crippen LogP contribution in [0.15, 0.2) is 18.2 Å². The first-order valence-corrected chi connectivity index (χ1v) is 7.09. The Morgan fingerprint density at radius 1 is 1.33 bits per heavy atom. The molecule has 0 spiro atoms. The summed E-state index contributed by atoms with van der Waals surface area (Å²) < 4.78 is 38.2. The van der Waals surface area contributed by atoms with E-state index in [0.717, 1.165) is 18.6 Å². The molecule has 0 atom stereocenters. The minimum Gasteiger partial charge on any atom is -0.387 e. The van der Waals surface area contributed by atoms with Crippen molar-refractivity contribution < 1.29 is 18.0 Å². The van der Waals surface area contributed by atoms with E-state index in [-0.39, 0.29) is 5.56 Å². The number of hydrogen-bond acceptors (Lipinski definition) is 2. The van der Waals surface area contributed by atoms with Crippen molar-refractivity contribution in [1.29, 1.82) is 0 Å². The summed E-state index contributed by atoms with van der Waals surface area (Å²) in [7, 11) is 1.58. The third-order valence-electron chi connectivity index (χ3n) is 3.92. The number of halogens is 3. The standard InChI is InChI=1S/C15H19F3N2O/c1-19-13-6-5-11(15(16,17)18)9-12(13)14(21)20-8-7-10-3-2-4-10/h5-6,9-10,19H,2-4,7-8H2,1H3,(H,20,21). The Bertz CT molecular complexity index is 510. The quantitative estimate of drug-likeness (QED) is 0.871. The van der Waals surface area contributed by atoms with Crippen LogP contribution in [0.2, 0.25) is 0 Å². The van der Waals surface area contributed by atoms with Crippen LogP contribution in [0.25, 0.3) is 0 Å². The van der Waals surface area contributed by atoms with Crippen molar-refractivity contribution in [3.8, 4) is 0 Å². The second-order valence-corrected chi connectivity index (χ2v) is 5.35. The molecule has 1 amide bonds. The average molecular weight is 300 g/mol. The van der Waals surface area contributed by atoms with Crippen molar-refractivity contribution in [2.24, 2.45) is 5.92 Å². The summed E-state index contributed by atoms with van der Waals surface area (Å²) in [5.74, 6) is 0.181. The number of amides is 1. The highest BCUT2D eigenvalue weighted by Gasteiger charge is 2.31. The Kier molecular flexibility index (Phi) is 4.75. The molecule has 0 unspecified atom stereocenters. The molecule has 3 nitrogen and oxygen atoms in total. The fourth-order valence-corrected chi connectivity index (χ4v) is 2.39. The van der Waals surface area contributed by atoms with Crippen LogP contribution in [-0.2, 0) is 6.18 Å². The van der Waals surface area contributed by atoms with Gasteiger partial charge in [-0.3, -0.25) is 4.79 Å². The van der Waals surface area contributed by atoms with Gasteiger partial charge in [0.25, 0.3) is 5.91 Å². The molecule has 0 saturated heterocycles. The van der Waals surface area contributed by atoms with Crippen LogP contribution in [0.3, 0.4) is 0 Å². The van der Waals surface area contributed by atoms with Gasteiger partial charge in [0.1, 0.15) is 0 Å². The molecule has 1 saturated carbocycles. The number of alkyl halides is 3. The lowest BCUT2D eigenvalue weighted by Crippen LogP contribution is -2.28. The summed E-state index contributed by atoms with van der Waals surface area (Å²) in [5, 5.41) is 5.45. The highest BCUT2D eigenvalue weighted by molar-refractivity contribution is 5.99. The van der Waals surface area contributed by atoms with E-state index in [2.05, 4.69) is 10.6 Å². The molecule has 0 bridgehead atoms.